The Balaban J connectivity index is 1.79. The highest BCUT2D eigenvalue weighted by Gasteiger charge is 2.13. The first-order valence-corrected chi connectivity index (χ1v) is 8.32. The van der Waals surface area contributed by atoms with Gasteiger partial charge in [0.25, 0.3) is 5.91 Å². The minimum atomic E-state index is -0.310. The van der Waals surface area contributed by atoms with E-state index in [9.17, 15) is 4.79 Å². The summed E-state index contributed by atoms with van der Waals surface area (Å²) in [6.07, 6.45) is 0.849. The number of nitrogens with one attached hydrogen (secondary N) is 1. The number of amides is 1. The number of carbonyl (C=O) groups excluding carboxylic acids is 1. The van der Waals surface area contributed by atoms with E-state index in [1.54, 1.807) is 37.4 Å². The number of furan rings is 1. The molecule has 4 nitrogen and oxygen atoms in total. The quantitative estimate of drug-likeness (QED) is 0.664. The molecule has 1 N–H and O–H groups in total. The van der Waals surface area contributed by atoms with Gasteiger partial charge >= 0.3 is 0 Å². The van der Waals surface area contributed by atoms with Gasteiger partial charge in [-0.05, 0) is 60.5 Å². The topological polar surface area (TPSA) is 51.5 Å². The number of benzene rings is 2. The van der Waals surface area contributed by atoms with Crippen molar-refractivity contribution in [2.24, 2.45) is 0 Å². The first-order valence-electron chi connectivity index (χ1n) is 7.94. The summed E-state index contributed by atoms with van der Waals surface area (Å²) in [7, 11) is 1.60. The minimum Gasteiger partial charge on any atom is -0.497 e. The molecule has 2 aromatic carbocycles. The molecule has 0 radical (unpaired) electrons. The highest BCUT2D eigenvalue weighted by atomic mass is 35.5. The van der Waals surface area contributed by atoms with E-state index in [0.717, 1.165) is 17.5 Å². The Labute approximate surface area is 151 Å². The van der Waals surface area contributed by atoms with Crippen molar-refractivity contribution in [1.82, 2.24) is 0 Å². The van der Waals surface area contributed by atoms with E-state index in [0.29, 0.717) is 22.2 Å². The lowest BCUT2D eigenvalue weighted by Gasteiger charge is -2.08. The average molecular weight is 356 g/mol. The number of methoxy groups -OCH3 is 1. The number of rotatable bonds is 5. The second-order valence-electron chi connectivity index (χ2n) is 5.55. The molecule has 1 heterocycles. The molecule has 0 saturated heterocycles. The summed E-state index contributed by atoms with van der Waals surface area (Å²) in [5, 5.41) is 3.50. The lowest BCUT2D eigenvalue weighted by molar-refractivity contribution is 0.0997. The first-order chi connectivity index (χ1) is 12.1. The lowest BCUT2D eigenvalue weighted by Crippen LogP contribution is -2.11. The minimum absolute atomic E-state index is 0.241. The van der Waals surface area contributed by atoms with Gasteiger partial charge in [-0.2, -0.15) is 0 Å². The van der Waals surface area contributed by atoms with Crippen LogP contribution in [0.25, 0.3) is 11.3 Å². The molecule has 0 atom stereocenters. The third-order valence-electron chi connectivity index (χ3n) is 3.83. The SMILES string of the molecule is CCc1cc(NC(=O)c2ccc(-c3ccc(Cl)cc3)o2)cc(OC)c1. The van der Waals surface area contributed by atoms with Gasteiger partial charge in [-0.25, -0.2) is 0 Å². The summed E-state index contributed by atoms with van der Waals surface area (Å²) in [6, 6.07) is 16.3. The molecule has 3 aromatic rings. The fraction of sp³-hybridized carbons (Fsp3) is 0.150. The van der Waals surface area contributed by atoms with Crippen molar-refractivity contribution in [3.05, 3.63) is 70.9 Å². The predicted octanol–water partition coefficient (Wildman–Crippen LogP) is 5.42. The van der Waals surface area contributed by atoms with Crippen molar-refractivity contribution in [2.75, 3.05) is 12.4 Å². The molecule has 3 rings (SSSR count). The molecule has 0 aliphatic heterocycles. The van der Waals surface area contributed by atoms with Gasteiger partial charge in [0.1, 0.15) is 11.5 Å². The van der Waals surface area contributed by atoms with Crippen molar-refractivity contribution in [3.8, 4) is 17.1 Å². The molecule has 0 fully saturated rings. The zero-order chi connectivity index (χ0) is 17.8. The third kappa shape index (κ3) is 4.03. The van der Waals surface area contributed by atoms with E-state index in [2.05, 4.69) is 5.32 Å². The van der Waals surface area contributed by atoms with Gasteiger partial charge < -0.3 is 14.5 Å². The van der Waals surface area contributed by atoms with Gasteiger partial charge in [-0.1, -0.05) is 18.5 Å². The third-order valence-corrected chi connectivity index (χ3v) is 4.08. The standard InChI is InChI=1S/C20H18ClNO3/c1-3-13-10-16(12-17(11-13)24-2)22-20(23)19-9-8-18(25-19)14-4-6-15(21)7-5-14/h4-12H,3H2,1-2H3,(H,22,23). The van der Waals surface area contributed by atoms with Crippen LogP contribution in [0.4, 0.5) is 5.69 Å². The number of hydrogen-bond donors (Lipinski definition) is 1. The van der Waals surface area contributed by atoms with E-state index >= 15 is 0 Å². The molecule has 0 saturated carbocycles. The molecular weight excluding hydrogens is 338 g/mol. The highest BCUT2D eigenvalue weighted by molar-refractivity contribution is 6.30. The van der Waals surface area contributed by atoms with Crippen LogP contribution in [0.1, 0.15) is 23.0 Å². The Morgan fingerprint density at radius 3 is 2.56 bits per heavy atom. The number of hydrogen-bond acceptors (Lipinski definition) is 3. The maximum atomic E-state index is 12.4. The number of halogens is 1. The van der Waals surface area contributed by atoms with Gasteiger partial charge in [0.15, 0.2) is 5.76 Å². The molecule has 0 spiro atoms. The molecule has 0 bridgehead atoms. The van der Waals surface area contributed by atoms with Gasteiger partial charge in [0.05, 0.1) is 7.11 Å². The molecule has 0 aliphatic carbocycles. The van der Waals surface area contributed by atoms with E-state index < -0.39 is 0 Å². The zero-order valence-electron chi connectivity index (χ0n) is 14.0. The Hall–Kier alpha value is -2.72. The van der Waals surface area contributed by atoms with Crippen LogP contribution >= 0.6 is 11.6 Å². The van der Waals surface area contributed by atoms with Crippen molar-refractivity contribution in [2.45, 2.75) is 13.3 Å². The second kappa shape index (κ2) is 7.45. The van der Waals surface area contributed by atoms with E-state index in [-0.39, 0.29) is 11.7 Å². The van der Waals surface area contributed by atoms with Crippen molar-refractivity contribution < 1.29 is 13.9 Å². The largest absolute Gasteiger partial charge is 0.497 e. The Morgan fingerprint density at radius 1 is 1.12 bits per heavy atom. The van der Waals surface area contributed by atoms with E-state index in [4.69, 9.17) is 20.8 Å². The van der Waals surface area contributed by atoms with Gasteiger partial charge in [0, 0.05) is 22.3 Å². The summed E-state index contributed by atoms with van der Waals surface area (Å²) in [5.41, 5.74) is 2.61. The fourth-order valence-electron chi connectivity index (χ4n) is 2.48. The van der Waals surface area contributed by atoms with Crippen LogP contribution in [-0.4, -0.2) is 13.0 Å². The van der Waals surface area contributed by atoms with E-state index in [1.165, 1.54) is 0 Å². The number of carbonyl (C=O) groups is 1. The Morgan fingerprint density at radius 2 is 1.88 bits per heavy atom. The predicted molar refractivity (Wildman–Crippen MR) is 99.5 cm³/mol. The van der Waals surface area contributed by atoms with E-state index in [1.807, 2.05) is 31.2 Å². The van der Waals surface area contributed by atoms with Gasteiger partial charge in [-0.3, -0.25) is 4.79 Å². The van der Waals surface area contributed by atoms with Crippen molar-refractivity contribution >= 4 is 23.2 Å². The van der Waals surface area contributed by atoms with Crippen LogP contribution in [0.2, 0.25) is 5.02 Å². The number of ether oxygens (including phenoxy) is 1. The van der Waals surface area contributed by atoms with Crippen LogP contribution < -0.4 is 10.1 Å². The monoisotopic (exact) mass is 355 g/mol. The fourth-order valence-corrected chi connectivity index (χ4v) is 2.60. The van der Waals surface area contributed by atoms with Crippen LogP contribution in [0.5, 0.6) is 5.75 Å². The number of anilines is 1. The summed E-state index contributed by atoms with van der Waals surface area (Å²) < 4.78 is 10.9. The molecule has 0 aliphatic rings. The smallest absolute Gasteiger partial charge is 0.291 e. The molecule has 5 heteroatoms. The van der Waals surface area contributed by atoms with Gasteiger partial charge in [-0.15, -0.1) is 0 Å². The van der Waals surface area contributed by atoms with Crippen molar-refractivity contribution in [1.29, 1.82) is 0 Å². The molecule has 0 unspecified atom stereocenters. The molecular formula is C20H18ClNO3. The summed E-state index contributed by atoms with van der Waals surface area (Å²) in [6.45, 7) is 2.05. The zero-order valence-corrected chi connectivity index (χ0v) is 14.8. The summed E-state index contributed by atoms with van der Waals surface area (Å²) >= 11 is 5.89. The summed E-state index contributed by atoms with van der Waals surface area (Å²) in [4.78, 5) is 12.4. The van der Waals surface area contributed by atoms with Crippen LogP contribution in [0.3, 0.4) is 0 Å². The summed E-state index contributed by atoms with van der Waals surface area (Å²) in [5.74, 6) is 1.25. The normalized spacial score (nSPS) is 10.5. The Kier molecular flexibility index (Phi) is 5.10. The maximum absolute atomic E-state index is 12.4. The van der Waals surface area contributed by atoms with Crippen LogP contribution in [0.15, 0.2) is 59.0 Å². The number of aryl methyl sites for hydroxylation is 1. The average Bonchev–Trinajstić information content (AvgIpc) is 3.12. The molecule has 1 aromatic heterocycles. The second-order valence-corrected chi connectivity index (χ2v) is 5.98. The Bertz CT molecular complexity index is 862. The first kappa shape index (κ1) is 17.1. The highest BCUT2D eigenvalue weighted by Crippen LogP contribution is 2.25. The van der Waals surface area contributed by atoms with Crippen molar-refractivity contribution in [3.63, 3.8) is 0 Å². The lowest BCUT2D eigenvalue weighted by atomic mass is 10.1. The molecule has 25 heavy (non-hydrogen) atoms. The van der Waals surface area contributed by atoms with Crippen LogP contribution in [-0.2, 0) is 6.42 Å². The maximum Gasteiger partial charge on any atom is 0.291 e. The van der Waals surface area contributed by atoms with Gasteiger partial charge in [0.2, 0.25) is 0 Å². The van der Waals surface area contributed by atoms with Crippen LogP contribution in [0, 0.1) is 0 Å². The molecule has 1 amide bonds. The molecule has 128 valence electrons.